The van der Waals surface area contributed by atoms with E-state index in [1.165, 1.54) is 11.1 Å². The van der Waals surface area contributed by atoms with Crippen LogP contribution in [0.1, 0.15) is 82.6 Å². The Labute approximate surface area is 192 Å². The van der Waals surface area contributed by atoms with Gasteiger partial charge >= 0.3 is 0 Å². The van der Waals surface area contributed by atoms with E-state index in [4.69, 9.17) is 9.68 Å². The maximum absolute atomic E-state index is 5.74. The lowest BCUT2D eigenvalue weighted by atomic mass is 9.87. The smallest absolute Gasteiger partial charge is 0.125 e. The Bertz CT molecular complexity index is 1000. The zero-order valence-corrected chi connectivity index (χ0v) is 20.5. The first kappa shape index (κ1) is 23.9. The van der Waals surface area contributed by atoms with E-state index in [1.54, 1.807) is 0 Å². The largest absolute Gasteiger partial charge is 0.395 e. The first-order valence-electron chi connectivity index (χ1n) is 11.3. The first-order chi connectivity index (χ1) is 15.0. The van der Waals surface area contributed by atoms with Crippen LogP contribution in [0.5, 0.6) is 0 Å². The minimum absolute atomic E-state index is 0.0622. The molecule has 0 N–H and O–H groups in total. The van der Waals surface area contributed by atoms with Crippen molar-refractivity contribution < 1.29 is 9.68 Å². The lowest BCUT2D eigenvalue weighted by molar-refractivity contribution is -0.000159. The molecule has 0 aliphatic heterocycles. The second-order valence-electron chi connectivity index (χ2n) is 10.4. The molecule has 2 heterocycles. The maximum atomic E-state index is 5.74. The van der Waals surface area contributed by atoms with Crippen LogP contribution in [-0.2, 0) is 21.5 Å². The van der Waals surface area contributed by atoms with Crippen LogP contribution < -0.4 is 0 Å². The minimum atomic E-state index is -0.244. The van der Waals surface area contributed by atoms with Crippen LogP contribution in [0.2, 0.25) is 0 Å². The fourth-order valence-corrected chi connectivity index (χ4v) is 3.46. The van der Waals surface area contributed by atoms with E-state index >= 15 is 0 Å². The third kappa shape index (κ3) is 6.38. The zero-order valence-electron chi connectivity index (χ0n) is 20.5. The summed E-state index contributed by atoms with van der Waals surface area (Å²) in [5.41, 5.74) is 6.80. The van der Waals surface area contributed by atoms with Gasteiger partial charge < -0.3 is 9.68 Å². The fourth-order valence-electron chi connectivity index (χ4n) is 3.46. The highest BCUT2D eigenvalue weighted by atomic mass is 16.6. The summed E-state index contributed by atoms with van der Waals surface area (Å²) < 4.78 is 0. The number of fused-ring (bicyclic) bond motifs is 1. The average Bonchev–Trinajstić information content (AvgIpc) is 2.73. The third-order valence-corrected chi connectivity index (χ3v) is 5.53. The summed E-state index contributed by atoms with van der Waals surface area (Å²) in [6, 6.07) is 8.32. The Hall–Kier alpha value is -2.76. The molecule has 0 atom stereocenters. The Morgan fingerprint density at radius 3 is 2.53 bits per heavy atom. The molecule has 2 aromatic heterocycles. The molecule has 0 saturated carbocycles. The average molecular weight is 437 g/mol. The molecule has 172 valence electrons. The molecular formula is C26H36N4O2. The number of nitrogens with zero attached hydrogens (tertiary/aromatic N) is 4. The van der Waals surface area contributed by atoms with Gasteiger partial charge in [0, 0.05) is 17.3 Å². The molecule has 0 unspecified atom stereocenters. The summed E-state index contributed by atoms with van der Waals surface area (Å²) in [6.45, 7) is 15.5. The molecule has 6 heteroatoms. The van der Waals surface area contributed by atoms with Crippen molar-refractivity contribution in [3.05, 3.63) is 58.7 Å². The van der Waals surface area contributed by atoms with Gasteiger partial charge in [0.1, 0.15) is 24.6 Å². The topological polar surface area (TPSA) is 69.0 Å². The molecule has 0 radical (unpaired) electrons. The number of hydrogen-bond acceptors (Lipinski definition) is 6. The van der Waals surface area contributed by atoms with E-state index in [1.807, 2.05) is 26.1 Å². The van der Waals surface area contributed by atoms with Crippen molar-refractivity contribution in [3.63, 3.8) is 0 Å². The molecule has 1 aliphatic rings. The standard InChI is InChI=1S/C26H36N4O2/c1-18-11-12-20-9-8-10-22(24(20)28-18)30-32-17-26(6,7)16-31-29-19(2)23-15-21(13-14-27-23)25(3,4)5/h11-15H,8-10,16-17H2,1-7H3/b29-19+,30-22+. The van der Waals surface area contributed by atoms with Crippen molar-refractivity contribution in [1.82, 2.24) is 9.97 Å². The molecule has 2 aromatic rings. The van der Waals surface area contributed by atoms with Crippen LogP contribution in [0.15, 0.2) is 40.8 Å². The van der Waals surface area contributed by atoms with Crippen molar-refractivity contribution in [2.45, 2.75) is 73.1 Å². The van der Waals surface area contributed by atoms with Crippen LogP contribution in [0.4, 0.5) is 0 Å². The lowest BCUT2D eigenvalue weighted by Gasteiger charge is -2.22. The highest BCUT2D eigenvalue weighted by molar-refractivity contribution is 6.00. The molecule has 0 spiro atoms. The molecule has 0 fully saturated rings. The van der Waals surface area contributed by atoms with Crippen LogP contribution in [0, 0.1) is 12.3 Å². The normalized spacial score (nSPS) is 16.1. The third-order valence-electron chi connectivity index (χ3n) is 5.53. The van der Waals surface area contributed by atoms with Crippen molar-refractivity contribution in [3.8, 4) is 0 Å². The number of aromatic nitrogens is 2. The van der Waals surface area contributed by atoms with E-state index in [0.717, 1.165) is 47.8 Å². The van der Waals surface area contributed by atoms with Crippen LogP contribution >= 0.6 is 0 Å². The monoisotopic (exact) mass is 436 g/mol. The highest BCUT2D eigenvalue weighted by Gasteiger charge is 2.22. The van der Waals surface area contributed by atoms with Crippen LogP contribution in [-0.4, -0.2) is 34.6 Å². The van der Waals surface area contributed by atoms with Crippen molar-refractivity contribution in [2.75, 3.05) is 13.2 Å². The first-order valence-corrected chi connectivity index (χ1v) is 11.3. The van der Waals surface area contributed by atoms with Gasteiger partial charge in [0.05, 0.1) is 11.4 Å². The van der Waals surface area contributed by atoms with Gasteiger partial charge in [-0.15, -0.1) is 0 Å². The molecule has 0 amide bonds. The fraction of sp³-hybridized carbons (Fsp3) is 0.538. The predicted octanol–water partition coefficient (Wildman–Crippen LogP) is 5.61. The van der Waals surface area contributed by atoms with Crippen molar-refractivity contribution >= 4 is 11.4 Å². The minimum Gasteiger partial charge on any atom is -0.395 e. The zero-order chi connectivity index (χ0) is 23.4. The predicted molar refractivity (Wildman–Crippen MR) is 129 cm³/mol. The van der Waals surface area contributed by atoms with E-state index in [-0.39, 0.29) is 10.8 Å². The van der Waals surface area contributed by atoms with Crippen LogP contribution in [0.3, 0.4) is 0 Å². The van der Waals surface area contributed by atoms with Crippen molar-refractivity contribution in [1.29, 1.82) is 0 Å². The Morgan fingerprint density at radius 2 is 1.78 bits per heavy atom. The van der Waals surface area contributed by atoms with Gasteiger partial charge in [0.25, 0.3) is 0 Å². The highest BCUT2D eigenvalue weighted by Crippen LogP contribution is 2.23. The maximum Gasteiger partial charge on any atom is 0.125 e. The van der Waals surface area contributed by atoms with Gasteiger partial charge in [-0.1, -0.05) is 51.0 Å². The SMILES string of the molecule is C/C(=N\OCC(C)(C)CO/N=C1\CCCc2ccc(C)nc21)c1cc(C(C)(C)C)ccn1. The van der Waals surface area contributed by atoms with Gasteiger partial charge in [-0.25, -0.2) is 0 Å². The second kappa shape index (κ2) is 9.80. The van der Waals surface area contributed by atoms with Crippen molar-refractivity contribution in [2.24, 2.45) is 15.7 Å². The van der Waals surface area contributed by atoms with Gasteiger partial charge in [-0.05, 0) is 67.9 Å². The molecular weight excluding hydrogens is 400 g/mol. The van der Waals surface area contributed by atoms with Gasteiger partial charge in [0.2, 0.25) is 0 Å². The molecule has 0 aromatic carbocycles. The van der Waals surface area contributed by atoms with E-state index in [0.29, 0.717) is 13.2 Å². The molecule has 0 saturated heterocycles. The van der Waals surface area contributed by atoms with E-state index in [9.17, 15) is 0 Å². The molecule has 1 aliphatic carbocycles. The Kier molecular flexibility index (Phi) is 7.32. The Morgan fingerprint density at radius 1 is 1.03 bits per heavy atom. The summed E-state index contributed by atoms with van der Waals surface area (Å²) in [4.78, 5) is 20.5. The quantitative estimate of drug-likeness (QED) is 0.418. The summed E-state index contributed by atoms with van der Waals surface area (Å²) in [5, 5.41) is 8.72. The Balaban J connectivity index is 1.56. The van der Waals surface area contributed by atoms with Crippen LogP contribution in [0.25, 0.3) is 0 Å². The number of hydrogen-bond donors (Lipinski definition) is 0. The summed E-state index contributed by atoms with van der Waals surface area (Å²) in [5.74, 6) is 0. The second-order valence-corrected chi connectivity index (χ2v) is 10.4. The van der Waals surface area contributed by atoms with Gasteiger partial charge in [0.15, 0.2) is 0 Å². The number of pyridine rings is 2. The molecule has 0 bridgehead atoms. The molecule has 32 heavy (non-hydrogen) atoms. The number of rotatable bonds is 7. The lowest BCUT2D eigenvalue weighted by Crippen LogP contribution is -2.24. The van der Waals surface area contributed by atoms with E-state index < -0.39 is 0 Å². The molecule has 6 nitrogen and oxygen atoms in total. The number of oxime groups is 2. The molecule has 3 rings (SSSR count). The van der Waals surface area contributed by atoms with Gasteiger partial charge in [-0.3, -0.25) is 9.97 Å². The van der Waals surface area contributed by atoms with E-state index in [2.05, 4.69) is 73.1 Å². The summed E-state index contributed by atoms with van der Waals surface area (Å²) in [7, 11) is 0. The number of aryl methyl sites for hydroxylation is 2. The van der Waals surface area contributed by atoms with Gasteiger partial charge in [-0.2, -0.15) is 0 Å². The summed E-state index contributed by atoms with van der Waals surface area (Å²) in [6.07, 6.45) is 4.84. The summed E-state index contributed by atoms with van der Waals surface area (Å²) >= 11 is 0.